The first-order valence-corrected chi connectivity index (χ1v) is 12.4. The van der Waals surface area contributed by atoms with Crippen LogP contribution >= 0.6 is 0 Å². The van der Waals surface area contributed by atoms with E-state index in [1.807, 2.05) is 47.3 Å². The molecule has 0 bridgehead atoms. The van der Waals surface area contributed by atoms with Gasteiger partial charge < -0.3 is 20.1 Å². The van der Waals surface area contributed by atoms with Crippen molar-refractivity contribution in [2.45, 2.75) is 44.9 Å². The van der Waals surface area contributed by atoms with Gasteiger partial charge >= 0.3 is 0 Å². The van der Waals surface area contributed by atoms with E-state index in [0.29, 0.717) is 6.42 Å². The lowest BCUT2D eigenvalue weighted by Gasteiger charge is -2.31. The Morgan fingerprint density at radius 2 is 1.80 bits per heavy atom. The molecule has 7 heteroatoms. The molecule has 7 nitrogen and oxygen atoms in total. The number of piperidine rings is 1. The average molecular weight is 472 g/mol. The van der Waals surface area contributed by atoms with Crippen LogP contribution in [0.5, 0.6) is 0 Å². The van der Waals surface area contributed by atoms with Crippen molar-refractivity contribution in [1.29, 1.82) is 0 Å². The summed E-state index contributed by atoms with van der Waals surface area (Å²) < 4.78 is 2.03. The molecule has 0 radical (unpaired) electrons. The van der Waals surface area contributed by atoms with Gasteiger partial charge in [0.05, 0.1) is 5.52 Å². The Bertz CT molecular complexity index is 1270. The standard InChI is InChI=1S/C28H33N5O2/c1-20(21-8-4-2-5-9-21)31-27-24-16-23(10-11-26(24)29-19-30-27)33-17-22(12-15-34)25(18-33)28(35)32-13-6-3-7-14-32/h2,4-5,8-11,16-20,28,34-35H,3,6-7,12-15H2,1H3,(H,29,30,31). The number of fused-ring (bicyclic) bond motifs is 1. The minimum atomic E-state index is -0.661. The third-order valence-electron chi connectivity index (χ3n) is 6.91. The lowest BCUT2D eigenvalue weighted by atomic mass is 10.1. The van der Waals surface area contributed by atoms with Crippen molar-refractivity contribution in [2.24, 2.45) is 0 Å². The molecule has 3 heterocycles. The predicted molar refractivity (Wildman–Crippen MR) is 139 cm³/mol. The molecule has 1 fully saturated rings. The maximum Gasteiger partial charge on any atom is 0.137 e. The number of nitrogens with one attached hydrogen (secondary N) is 1. The van der Waals surface area contributed by atoms with Crippen LogP contribution in [0.3, 0.4) is 0 Å². The van der Waals surface area contributed by atoms with Gasteiger partial charge in [0.2, 0.25) is 0 Å². The molecule has 1 saturated heterocycles. The van der Waals surface area contributed by atoms with Gasteiger partial charge in [-0.1, -0.05) is 36.8 Å². The fourth-order valence-corrected chi connectivity index (χ4v) is 4.93. The van der Waals surface area contributed by atoms with Gasteiger partial charge in [0.15, 0.2) is 0 Å². The Morgan fingerprint density at radius 3 is 2.57 bits per heavy atom. The van der Waals surface area contributed by atoms with E-state index in [-0.39, 0.29) is 12.6 Å². The first-order valence-electron chi connectivity index (χ1n) is 12.4. The normalized spacial score (nSPS) is 16.3. The Kier molecular flexibility index (Phi) is 7.08. The van der Waals surface area contributed by atoms with Crippen molar-refractivity contribution in [3.8, 4) is 5.69 Å². The number of nitrogens with zero attached hydrogens (tertiary/aromatic N) is 4. The van der Waals surface area contributed by atoms with Gasteiger partial charge in [0.25, 0.3) is 0 Å². The van der Waals surface area contributed by atoms with E-state index in [1.165, 1.54) is 12.0 Å². The van der Waals surface area contributed by atoms with E-state index in [4.69, 9.17) is 0 Å². The van der Waals surface area contributed by atoms with Crippen LogP contribution in [-0.2, 0) is 6.42 Å². The van der Waals surface area contributed by atoms with E-state index >= 15 is 0 Å². The summed E-state index contributed by atoms with van der Waals surface area (Å²) in [7, 11) is 0. The molecule has 0 amide bonds. The number of likely N-dealkylation sites (tertiary alicyclic amines) is 1. The molecule has 0 aliphatic carbocycles. The molecule has 182 valence electrons. The van der Waals surface area contributed by atoms with Gasteiger partial charge in [-0.05, 0) is 55.5 Å². The number of hydrogen-bond acceptors (Lipinski definition) is 6. The SMILES string of the molecule is CC(Nc1ncnc2ccc(-n3cc(CCO)c(C(O)N4CCCCC4)c3)cc12)c1ccccc1. The fourth-order valence-electron chi connectivity index (χ4n) is 4.93. The molecule has 2 atom stereocenters. The molecule has 2 aromatic heterocycles. The largest absolute Gasteiger partial charge is 0.396 e. The van der Waals surface area contributed by atoms with Gasteiger partial charge in [-0.15, -0.1) is 0 Å². The minimum Gasteiger partial charge on any atom is -0.396 e. The second kappa shape index (κ2) is 10.6. The van der Waals surface area contributed by atoms with E-state index < -0.39 is 6.23 Å². The summed E-state index contributed by atoms with van der Waals surface area (Å²) in [6, 6.07) is 16.5. The van der Waals surface area contributed by atoms with Crippen LogP contribution in [0.25, 0.3) is 16.6 Å². The number of aliphatic hydroxyl groups excluding tert-OH is 2. The number of hydrogen-bond donors (Lipinski definition) is 3. The molecule has 1 aliphatic rings. The zero-order valence-corrected chi connectivity index (χ0v) is 20.1. The van der Waals surface area contributed by atoms with Crippen molar-refractivity contribution in [3.05, 3.63) is 83.9 Å². The molecule has 0 spiro atoms. The third-order valence-corrected chi connectivity index (χ3v) is 6.91. The van der Waals surface area contributed by atoms with E-state index in [2.05, 4.69) is 45.3 Å². The Labute approximate surface area is 206 Å². The van der Waals surface area contributed by atoms with Crippen molar-refractivity contribution >= 4 is 16.7 Å². The molecule has 35 heavy (non-hydrogen) atoms. The highest BCUT2D eigenvalue weighted by Gasteiger charge is 2.24. The van der Waals surface area contributed by atoms with Gasteiger partial charge in [0, 0.05) is 54.8 Å². The zero-order valence-electron chi connectivity index (χ0n) is 20.1. The monoisotopic (exact) mass is 471 g/mol. The molecule has 4 aromatic rings. The second-order valence-electron chi connectivity index (χ2n) is 9.29. The molecular formula is C28H33N5O2. The quantitative estimate of drug-likeness (QED) is 0.348. The first kappa shape index (κ1) is 23.5. The number of anilines is 1. The summed E-state index contributed by atoms with van der Waals surface area (Å²) in [5.41, 5.74) is 4.83. The van der Waals surface area contributed by atoms with E-state index in [1.54, 1.807) is 6.33 Å². The summed E-state index contributed by atoms with van der Waals surface area (Å²) in [6.45, 7) is 3.95. The summed E-state index contributed by atoms with van der Waals surface area (Å²) in [5.74, 6) is 0.782. The molecule has 3 N–H and O–H groups in total. The first-order chi connectivity index (χ1) is 17.1. The van der Waals surface area contributed by atoms with Crippen LogP contribution in [-0.4, -0.2) is 49.3 Å². The molecule has 1 aliphatic heterocycles. The Morgan fingerprint density at radius 1 is 1.00 bits per heavy atom. The Hall–Kier alpha value is -3.26. The number of benzene rings is 2. The van der Waals surface area contributed by atoms with Gasteiger partial charge in [-0.2, -0.15) is 0 Å². The molecule has 2 unspecified atom stereocenters. The van der Waals surface area contributed by atoms with Crippen LogP contribution in [0.15, 0.2) is 67.3 Å². The van der Waals surface area contributed by atoms with Crippen molar-refractivity contribution in [2.75, 3.05) is 25.0 Å². The maximum atomic E-state index is 11.1. The maximum absolute atomic E-state index is 11.1. The lowest BCUT2D eigenvalue weighted by Crippen LogP contribution is -2.33. The smallest absolute Gasteiger partial charge is 0.137 e. The Balaban J connectivity index is 1.48. The zero-order chi connectivity index (χ0) is 24.2. The third kappa shape index (κ3) is 5.07. The van der Waals surface area contributed by atoms with Gasteiger partial charge in [-0.3, -0.25) is 4.90 Å². The van der Waals surface area contributed by atoms with Crippen LogP contribution in [0.1, 0.15) is 55.1 Å². The molecular weight excluding hydrogens is 438 g/mol. The second-order valence-corrected chi connectivity index (χ2v) is 9.29. The van der Waals surface area contributed by atoms with Crippen LogP contribution in [0.4, 0.5) is 5.82 Å². The van der Waals surface area contributed by atoms with Gasteiger partial charge in [-0.25, -0.2) is 9.97 Å². The van der Waals surface area contributed by atoms with Crippen molar-refractivity contribution in [3.63, 3.8) is 0 Å². The summed E-state index contributed by atoms with van der Waals surface area (Å²) in [5, 5.41) is 25.3. The molecule has 0 saturated carbocycles. The number of aromatic nitrogens is 3. The minimum absolute atomic E-state index is 0.0424. The van der Waals surface area contributed by atoms with Crippen molar-refractivity contribution in [1.82, 2.24) is 19.4 Å². The highest BCUT2D eigenvalue weighted by molar-refractivity contribution is 5.90. The number of rotatable bonds is 8. The summed E-state index contributed by atoms with van der Waals surface area (Å²) >= 11 is 0. The fraction of sp³-hybridized carbons (Fsp3) is 0.357. The van der Waals surface area contributed by atoms with Crippen LogP contribution in [0.2, 0.25) is 0 Å². The summed E-state index contributed by atoms with van der Waals surface area (Å²) in [4.78, 5) is 11.1. The molecule has 5 rings (SSSR count). The van der Waals surface area contributed by atoms with Crippen LogP contribution < -0.4 is 5.32 Å². The highest BCUT2D eigenvalue weighted by Crippen LogP contribution is 2.30. The average Bonchev–Trinajstić information content (AvgIpc) is 3.33. The van der Waals surface area contributed by atoms with E-state index in [0.717, 1.165) is 59.5 Å². The van der Waals surface area contributed by atoms with Crippen molar-refractivity contribution < 1.29 is 10.2 Å². The lowest BCUT2D eigenvalue weighted by molar-refractivity contribution is -0.0104. The van der Waals surface area contributed by atoms with E-state index in [9.17, 15) is 10.2 Å². The van der Waals surface area contributed by atoms with Crippen LogP contribution in [0, 0.1) is 0 Å². The number of aliphatic hydroxyl groups is 2. The topological polar surface area (TPSA) is 86.4 Å². The summed E-state index contributed by atoms with van der Waals surface area (Å²) in [6.07, 6.45) is 8.87. The predicted octanol–water partition coefficient (Wildman–Crippen LogP) is 4.61. The van der Waals surface area contributed by atoms with Gasteiger partial charge in [0.1, 0.15) is 18.4 Å². The molecule has 2 aromatic carbocycles. The highest BCUT2D eigenvalue weighted by atomic mass is 16.3.